The summed E-state index contributed by atoms with van der Waals surface area (Å²) in [7, 11) is 2.89. The first-order valence-electron chi connectivity index (χ1n) is 10.4. The van der Waals surface area contributed by atoms with E-state index in [1.165, 1.54) is 18.2 Å². The summed E-state index contributed by atoms with van der Waals surface area (Å²) in [6.07, 6.45) is 0. The van der Waals surface area contributed by atoms with E-state index in [9.17, 15) is 28.3 Å². The number of rotatable bonds is 9. The van der Waals surface area contributed by atoms with Crippen molar-refractivity contribution in [2.75, 3.05) is 41.3 Å². The van der Waals surface area contributed by atoms with Gasteiger partial charge in [-0.2, -0.15) is 10.4 Å². The number of hydrogen-bond donors (Lipinski definition) is 1. The Bertz CT molecular complexity index is 1200. The predicted octanol–water partition coefficient (Wildman–Crippen LogP) is 3.64. The van der Waals surface area contributed by atoms with Gasteiger partial charge in [0, 0.05) is 24.7 Å². The molecule has 12 nitrogen and oxygen atoms in total. The molecule has 0 saturated heterocycles. The topological polar surface area (TPSA) is 170 Å². The van der Waals surface area contributed by atoms with Crippen LogP contribution in [-0.2, 0) is 14.6 Å². The van der Waals surface area contributed by atoms with Gasteiger partial charge in [0.1, 0.15) is 11.8 Å². The maximum absolute atomic E-state index is 10.8. The minimum Gasteiger partial charge on any atom is -0.726 e. The van der Waals surface area contributed by atoms with Crippen LogP contribution in [0.25, 0.3) is 0 Å². The monoisotopic (exact) mass is 506 g/mol. The highest BCUT2D eigenvalue weighted by Gasteiger charge is 2.12. The van der Waals surface area contributed by atoms with Crippen LogP contribution >= 0.6 is 0 Å². The SMILES string of the molecule is COS(=O)(=O)[O-].Cc1cc(C(C)NCC[N+](C)(C)C)ccc1N=Nc1ccc([N+](=O)[O-])cc1C#N. The van der Waals surface area contributed by atoms with Gasteiger partial charge in [0.05, 0.1) is 51.0 Å². The van der Waals surface area contributed by atoms with Crippen LogP contribution in [0.15, 0.2) is 46.6 Å². The second kappa shape index (κ2) is 13.0. The number of benzene rings is 2. The standard InChI is InChI=1S/C21H27N6O2.CH4O4S/c1-15-12-17(16(2)23-10-11-27(3,4)5)6-8-20(15)24-25-21-9-7-19(26(28)29)13-18(21)14-22;1-5-6(2,3)4/h6-9,12-13,16,23H,10-11H2,1-5H3;1H3,(H,2,3,4)/q+1;/p-1. The van der Waals surface area contributed by atoms with Gasteiger partial charge in [-0.15, -0.1) is 5.11 Å². The van der Waals surface area contributed by atoms with Crippen LogP contribution in [0.4, 0.5) is 17.1 Å². The van der Waals surface area contributed by atoms with E-state index in [2.05, 4.69) is 53.9 Å². The third-order valence-corrected chi connectivity index (χ3v) is 5.14. The van der Waals surface area contributed by atoms with Gasteiger partial charge in [-0.1, -0.05) is 12.1 Å². The van der Waals surface area contributed by atoms with E-state index in [-0.39, 0.29) is 17.3 Å². The Kier molecular flexibility index (Phi) is 11.0. The van der Waals surface area contributed by atoms with Gasteiger partial charge in [-0.05, 0) is 37.1 Å². The highest BCUT2D eigenvalue weighted by molar-refractivity contribution is 7.80. The summed E-state index contributed by atoms with van der Waals surface area (Å²) in [5.74, 6) is 0. The number of azo groups is 1. The maximum Gasteiger partial charge on any atom is 0.270 e. The molecule has 0 radical (unpaired) electrons. The van der Waals surface area contributed by atoms with Crippen LogP contribution in [0.2, 0.25) is 0 Å². The molecular weight excluding hydrogens is 476 g/mol. The van der Waals surface area contributed by atoms with E-state index >= 15 is 0 Å². The molecule has 35 heavy (non-hydrogen) atoms. The van der Waals surface area contributed by atoms with Crippen molar-refractivity contribution in [3.8, 4) is 6.07 Å². The molecule has 1 unspecified atom stereocenters. The molecule has 2 rings (SSSR count). The molecular formula is C22H30N6O6S. The van der Waals surface area contributed by atoms with Gasteiger partial charge in [-0.3, -0.25) is 14.3 Å². The zero-order valence-electron chi connectivity index (χ0n) is 20.5. The number of nitro groups is 1. The Balaban J connectivity index is 0.000000905. The molecule has 0 bridgehead atoms. The Morgan fingerprint density at radius 1 is 1.17 bits per heavy atom. The third kappa shape index (κ3) is 11.1. The van der Waals surface area contributed by atoms with Crippen LogP contribution < -0.4 is 5.32 Å². The lowest BCUT2D eigenvalue weighted by Crippen LogP contribution is -2.40. The van der Waals surface area contributed by atoms with Crippen molar-refractivity contribution >= 4 is 27.5 Å². The van der Waals surface area contributed by atoms with Crippen molar-refractivity contribution in [3.63, 3.8) is 0 Å². The number of aryl methyl sites for hydroxylation is 1. The number of nitrogens with zero attached hydrogens (tertiary/aromatic N) is 5. The van der Waals surface area contributed by atoms with E-state index in [4.69, 9.17) is 0 Å². The summed E-state index contributed by atoms with van der Waals surface area (Å²) in [5.41, 5.74) is 3.09. The minimum absolute atomic E-state index is 0.118. The Morgan fingerprint density at radius 2 is 1.74 bits per heavy atom. The third-order valence-electron chi connectivity index (χ3n) is 4.73. The van der Waals surface area contributed by atoms with Crippen molar-refractivity contribution in [2.45, 2.75) is 19.9 Å². The van der Waals surface area contributed by atoms with Crippen molar-refractivity contribution in [1.82, 2.24) is 5.32 Å². The molecule has 2 aromatic carbocycles. The number of nitriles is 1. The molecule has 0 heterocycles. The molecule has 0 aliphatic carbocycles. The second-order valence-electron chi connectivity index (χ2n) is 8.58. The lowest BCUT2D eigenvalue weighted by atomic mass is 10.0. The smallest absolute Gasteiger partial charge is 0.270 e. The van der Waals surface area contributed by atoms with Crippen molar-refractivity contribution in [3.05, 3.63) is 63.2 Å². The summed E-state index contributed by atoms with van der Waals surface area (Å²) in [5, 5.41) is 31.9. The number of quaternary nitrogens is 1. The van der Waals surface area contributed by atoms with Gasteiger partial charge in [-0.25, -0.2) is 8.42 Å². The van der Waals surface area contributed by atoms with Crippen LogP contribution in [-0.4, -0.2) is 63.7 Å². The van der Waals surface area contributed by atoms with Crippen LogP contribution in [0, 0.1) is 28.4 Å². The largest absolute Gasteiger partial charge is 0.726 e. The predicted molar refractivity (Wildman–Crippen MR) is 129 cm³/mol. The van der Waals surface area contributed by atoms with Gasteiger partial charge in [0.15, 0.2) is 0 Å². The van der Waals surface area contributed by atoms with Gasteiger partial charge in [0.2, 0.25) is 10.4 Å². The molecule has 190 valence electrons. The zero-order chi connectivity index (χ0) is 26.8. The van der Waals surface area contributed by atoms with E-state index < -0.39 is 15.3 Å². The molecule has 0 fully saturated rings. The number of hydrogen-bond acceptors (Lipinski definition) is 10. The molecule has 0 amide bonds. The highest BCUT2D eigenvalue weighted by atomic mass is 32.3. The average molecular weight is 507 g/mol. The average Bonchev–Trinajstić information content (AvgIpc) is 2.77. The lowest BCUT2D eigenvalue weighted by molar-refractivity contribution is -0.869. The van der Waals surface area contributed by atoms with E-state index in [0.717, 1.165) is 35.8 Å². The first-order chi connectivity index (χ1) is 16.2. The Hall–Kier alpha value is -3.28. The van der Waals surface area contributed by atoms with Crippen molar-refractivity contribution in [1.29, 1.82) is 5.26 Å². The van der Waals surface area contributed by atoms with E-state index in [1.54, 1.807) is 0 Å². The fraction of sp³-hybridized carbons (Fsp3) is 0.409. The van der Waals surface area contributed by atoms with Crippen molar-refractivity contribution in [2.24, 2.45) is 10.2 Å². The maximum atomic E-state index is 10.8. The summed E-state index contributed by atoms with van der Waals surface area (Å²) in [6, 6.07) is 12.1. The molecule has 1 N–H and O–H groups in total. The zero-order valence-corrected chi connectivity index (χ0v) is 21.4. The van der Waals surface area contributed by atoms with Gasteiger partial charge >= 0.3 is 0 Å². The van der Waals surface area contributed by atoms with E-state index in [1.807, 2.05) is 25.1 Å². The molecule has 2 aromatic rings. The molecule has 0 aliphatic rings. The number of nitrogens with one attached hydrogen (secondary N) is 1. The fourth-order valence-electron chi connectivity index (χ4n) is 2.72. The first-order valence-corrected chi connectivity index (χ1v) is 11.8. The summed E-state index contributed by atoms with van der Waals surface area (Å²) >= 11 is 0. The van der Waals surface area contributed by atoms with Gasteiger partial charge < -0.3 is 14.4 Å². The van der Waals surface area contributed by atoms with Crippen LogP contribution in [0.1, 0.15) is 29.7 Å². The molecule has 0 spiro atoms. The molecule has 1 atom stereocenters. The highest BCUT2D eigenvalue weighted by Crippen LogP contribution is 2.28. The Morgan fingerprint density at radius 3 is 2.23 bits per heavy atom. The first kappa shape index (κ1) is 29.8. The summed E-state index contributed by atoms with van der Waals surface area (Å²) < 4.78 is 31.9. The normalized spacial score (nSPS) is 12.5. The molecule has 0 aliphatic heterocycles. The fourth-order valence-corrected chi connectivity index (χ4v) is 2.72. The summed E-state index contributed by atoms with van der Waals surface area (Å²) in [6.45, 7) is 6.04. The molecule has 0 aromatic heterocycles. The molecule has 0 saturated carbocycles. The van der Waals surface area contributed by atoms with Crippen LogP contribution in [0.3, 0.4) is 0 Å². The lowest BCUT2D eigenvalue weighted by Gasteiger charge is -2.25. The van der Waals surface area contributed by atoms with Crippen molar-refractivity contribution < 1.29 is 26.6 Å². The summed E-state index contributed by atoms with van der Waals surface area (Å²) in [4.78, 5) is 10.3. The second-order valence-corrected chi connectivity index (χ2v) is 9.73. The number of non-ortho nitro benzene ring substituents is 1. The van der Waals surface area contributed by atoms with Gasteiger partial charge in [0.25, 0.3) is 5.69 Å². The Labute approximate surface area is 205 Å². The number of likely N-dealkylation sites (N-methyl/N-ethyl adjacent to an activating group) is 1. The quantitative estimate of drug-likeness (QED) is 0.134. The van der Waals surface area contributed by atoms with Crippen LogP contribution in [0.5, 0.6) is 0 Å². The number of nitro benzene ring substituents is 1. The van der Waals surface area contributed by atoms with E-state index in [0.29, 0.717) is 11.4 Å². The molecule has 13 heteroatoms. The minimum atomic E-state index is -4.41.